The Morgan fingerprint density at radius 2 is 2.30 bits per heavy atom. The molecule has 0 saturated heterocycles. The fourth-order valence-electron chi connectivity index (χ4n) is 2.85. The number of fused-ring (bicyclic) bond motifs is 2. The number of benzene rings is 1. The normalized spacial score (nSPS) is 18.0. The SMILES string of the molecule is COC1CCc2nc3cccc(Br)c3c(C(=O)O)c2C1. The third-order valence-electron chi connectivity index (χ3n) is 3.83. The van der Waals surface area contributed by atoms with Gasteiger partial charge in [-0.1, -0.05) is 22.0 Å². The lowest BCUT2D eigenvalue weighted by Gasteiger charge is -2.25. The van der Waals surface area contributed by atoms with E-state index < -0.39 is 5.97 Å². The van der Waals surface area contributed by atoms with Crippen LogP contribution in [0.3, 0.4) is 0 Å². The number of hydrogen-bond donors (Lipinski definition) is 1. The van der Waals surface area contributed by atoms with Gasteiger partial charge in [0.05, 0.1) is 17.2 Å². The lowest BCUT2D eigenvalue weighted by molar-refractivity contribution is 0.0690. The molecule has 1 atom stereocenters. The highest BCUT2D eigenvalue weighted by molar-refractivity contribution is 9.10. The number of carboxylic acids is 1. The molecule has 1 heterocycles. The van der Waals surface area contributed by atoms with Crippen molar-refractivity contribution in [1.29, 1.82) is 0 Å². The molecule has 1 aliphatic rings. The lowest BCUT2D eigenvalue weighted by atomic mass is 9.88. The minimum Gasteiger partial charge on any atom is -0.478 e. The van der Waals surface area contributed by atoms with E-state index in [0.717, 1.165) is 34.1 Å². The number of aromatic carboxylic acids is 1. The summed E-state index contributed by atoms with van der Waals surface area (Å²) >= 11 is 3.44. The molecule has 5 heteroatoms. The predicted octanol–water partition coefficient (Wildman–Crippen LogP) is 3.20. The van der Waals surface area contributed by atoms with E-state index in [1.807, 2.05) is 18.2 Å². The van der Waals surface area contributed by atoms with Crippen LogP contribution in [0.2, 0.25) is 0 Å². The van der Waals surface area contributed by atoms with Gasteiger partial charge in [0.25, 0.3) is 0 Å². The molecule has 2 aromatic rings. The smallest absolute Gasteiger partial charge is 0.336 e. The zero-order valence-electron chi connectivity index (χ0n) is 11.0. The fourth-order valence-corrected chi connectivity index (χ4v) is 3.41. The van der Waals surface area contributed by atoms with Crippen molar-refractivity contribution in [2.75, 3.05) is 7.11 Å². The fraction of sp³-hybridized carbons (Fsp3) is 0.333. The van der Waals surface area contributed by atoms with E-state index in [4.69, 9.17) is 4.74 Å². The Balaban J connectivity index is 2.33. The van der Waals surface area contributed by atoms with Crippen molar-refractivity contribution in [3.8, 4) is 0 Å². The second-order valence-corrected chi connectivity index (χ2v) is 5.81. The number of aromatic nitrogens is 1. The van der Waals surface area contributed by atoms with E-state index in [-0.39, 0.29) is 6.10 Å². The lowest BCUT2D eigenvalue weighted by Crippen LogP contribution is -2.24. The topological polar surface area (TPSA) is 59.4 Å². The average Bonchev–Trinajstić information content (AvgIpc) is 2.44. The first-order chi connectivity index (χ1) is 9.61. The first kappa shape index (κ1) is 13.5. The highest BCUT2D eigenvalue weighted by atomic mass is 79.9. The van der Waals surface area contributed by atoms with Crippen LogP contribution in [0.25, 0.3) is 10.9 Å². The van der Waals surface area contributed by atoms with Gasteiger partial charge < -0.3 is 9.84 Å². The van der Waals surface area contributed by atoms with Crippen LogP contribution in [0, 0.1) is 0 Å². The first-order valence-corrected chi connectivity index (χ1v) is 7.27. The van der Waals surface area contributed by atoms with Crippen LogP contribution in [-0.2, 0) is 17.6 Å². The Labute approximate surface area is 124 Å². The Morgan fingerprint density at radius 3 is 3.00 bits per heavy atom. The number of rotatable bonds is 2. The highest BCUT2D eigenvalue weighted by Gasteiger charge is 2.27. The molecule has 0 radical (unpaired) electrons. The van der Waals surface area contributed by atoms with E-state index in [1.165, 1.54) is 0 Å². The Kier molecular flexibility index (Phi) is 3.48. The van der Waals surface area contributed by atoms with Crippen LogP contribution < -0.4 is 0 Å². The van der Waals surface area contributed by atoms with Gasteiger partial charge in [-0.15, -0.1) is 0 Å². The second-order valence-electron chi connectivity index (χ2n) is 4.95. The number of carbonyl (C=O) groups is 1. The van der Waals surface area contributed by atoms with Crippen LogP contribution in [0.1, 0.15) is 28.0 Å². The summed E-state index contributed by atoms with van der Waals surface area (Å²) in [4.78, 5) is 16.4. The van der Waals surface area contributed by atoms with Crippen molar-refractivity contribution in [3.63, 3.8) is 0 Å². The number of aryl methyl sites for hydroxylation is 1. The minimum absolute atomic E-state index is 0.0716. The van der Waals surface area contributed by atoms with Gasteiger partial charge >= 0.3 is 5.97 Å². The first-order valence-electron chi connectivity index (χ1n) is 6.48. The summed E-state index contributed by atoms with van der Waals surface area (Å²) in [6.07, 6.45) is 2.32. The molecule has 1 N–H and O–H groups in total. The monoisotopic (exact) mass is 335 g/mol. The van der Waals surface area contributed by atoms with Crippen molar-refractivity contribution in [1.82, 2.24) is 4.98 Å². The Hall–Kier alpha value is -1.46. The molecule has 1 aromatic heterocycles. The van der Waals surface area contributed by atoms with Crippen molar-refractivity contribution >= 4 is 32.8 Å². The van der Waals surface area contributed by atoms with Gasteiger partial charge in [0.15, 0.2) is 0 Å². The maximum atomic E-state index is 11.7. The van der Waals surface area contributed by atoms with Gasteiger partial charge in [-0.2, -0.15) is 0 Å². The van der Waals surface area contributed by atoms with Crippen LogP contribution in [0.4, 0.5) is 0 Å². The van der Waals surface area contributed by atoms with E-state index in [1.54, 1.807) is 7.11 Å². The maximum Gasteiger partial charge on any atom is 0.336 e. The van der Waals surface area contributed by atoms with Gasteiger partial charge in [-0.05, 0) is 30.5 Å². The van der Waals surface area contributed by atoms with Crippen molar-refractivity contribution in [2.45, 2.75) is 25.4 Å². The summed E-state index contributed by atoms with van der Waals surface area (Å²) in [6, 6.07) is 5.58. The van der Waals surface area contributed by atoms with E-state index in [0.29, 0.717) is 17.4 Å². The minimum atomic E-state index is -0.905. The third-order valence-corrected chi connectivity index (χ3v) is 4.49. The molecule has 4 nitrogen and oxygen atoms in total. The molecule has 1 unspecified atom stereocenters. The van der Waals surface area contributed by atoms with Crippen LogP contribution in [0.5, 0.6) is 0 Å². The summed E-state index contributed by atoms with van der Waals surface area (Å²) < 4.78 is 6.16. The van der Waals surface area contributed by atoms with E-state index >= 15 is 0 Å². The van der Waals surface area contributed by atoms with Gasteiger partial charge in [-0.3, -0.25) is 4.98 Å². The molecule has 3 rings (SSSR count). The zero-order chi connectivity index (χ0) is 14.3. The standard InChI is InChI=1S/C15H14BrNO3/c1-20-8-5-6-11-9(7-8)13(15(18)19)14-10(16)3-2-4-12(14)17-11/h2-4,8H,5-7H2,1H3,(H,18,19). The Bertz CT molecular complexity index is 699. The summed E-state index contributed by atoms with van der Waals surface area (Å²) in [7, 11) is 1.67. The third kappa shape index (κ3) is 2.11. The zero-order valence-corrected chi connectivity index (χ0v) is 12.6. The number of methoxy groups -OCH3 is 1. The Morgan fingerprint density at radius 1 is 1.50 bits per heavy atom. The predicted molar refractivity (Wildman–Crippen MR) is 79.2 cm³/mol. The summed E-state index contributed by atoms with van der Waals surface area (Å²) in [6.45, 7) is 0. The molecule has 20 heavy (non-hydrogen) atoms. The molecular weight excluding hydrogens is 322 g/mol. The molecule has 0 saturated carbocycles. The summed E-state index contributed by atoms with van der Waals surface area (Å²) in [5.74, 6) is -0.905. The molecule has 1 aromatic carbocycles. The second kappa shape index (κ2) is 5.14. The van der Waals surface area contributed by atoms with Gasteiger partial charge in [0.1, 0.15) is 0 Å². The molecule has 0 amide bonds. The van der Waals surface area contributed by atoms with Gasteiger partial charge in [0, 0.05) is 29.1 Å². The average molecular weight is 336 g/mol. The molecule has 0 fully saturated rings. The summed E-state index contributed by atoms with van der Waals surface area (Å²) in [5.41, 5.74) is 2.79. The molecule has 0 bridgehead atoms. The van der Waals surface area contributed by atoms with Crippen molar-refractivity contribution in [2.24, 2.45) is 0 Å². The maximum absolute atomic E-state index is 11.7. The number of nitrogens with zero attached hydrogens (tertiary/aromatic N) is 1. The van der Waals surface area contributed by atoms with E-state index in [9.17, 15) is 9.90 Å². The largest absolute Gasteiger partial charge is 0.478 e. The van der Waals surface area contributed by atoms with Crippen molar-refractivity contribution in [3.05, 3.63) is 39.5 Å². The molecule has 1 aliphatic carbocycles. The number of ether oxygens (including phenoxy) is 1. The number of carboxylic acid groups (broad SMARTS) is 1. The molecule has 0 aliphatic heterocycles. The summed E-state index contributed by atoms with van der Waals surface area (Å²) in [5, 5.41) is 10.3. The molecular formula is C15H14BrNO3. The van der Waals surface area contributed by atoms with E-state index in [2.05, 4.69) is 20.9 Å². The van der Waals surface area contributed by atoms with Gasteiger partial charge in [0.2, 0.25) is 0 Å². The molecule has 104 valence electrons. The molecule has 0 spiro atoms. The quantitative estimate of drug-likeness (QED) is 0.915. The van der Waals surface area contributed by atoms with Crippen LogP contribution in [0.15, 0.2) is 22.7 Å². The van der Waals surface area contributed by atoms with Crippen LogP contribution >= 0.6 is 15.9 Å². The number of hydrogen-bond acceptors (Lipinski definition) is 3. The van der Waals surface area contributed by atoms with Crippen LogP contribution in [-0.4, -0.2) is 29.3 Å². The number of halogens is 1. The van der Waals surface area contributed by atoms with Crippen molar-refractivity contribution < 1.29 is 14.6 Å². The number of pyridine rings is 1. The van der Waals surface area contributed by atoms with Gasteiger partial charge in [-0.25, -0.2) is 4.79 Å². The highest BCUT2D eigenvalue weighted by Crippen LogP contribution is 2.33.